The molecule has 3 unspecified atom stereocenters. The minimum atomic E-state index is -2.06. The maximum atomic E-state index is 14.5. The summed E-state index contributed by atoms with van der Waals surface area (Å²) in [6, 6.07) is 25.0. The van der Waals surface area contributed by atoms with Crippen LogP contribution in [-0.4, -0.2) is 109 Å². The van der Waals surface area contributed by atoms with Gasteiger partial charge in [0.2, 0.25) is 0 Å². The molecule has 67 heavy (non-hydrogen) atoms. The van der Waals surface area contributed by atoms with Crippen LogP contribution in [0.3, 0.4) is 0 Å². The topological polar surface area (TPSA) is 108 Å². The SMILES string of the molecule is COCOc1cc(OCC[Si](C)(C)C)cc(C(CC[C@H]2OC(C)(C)OC2[C@H](/C=C\C(C)[C@H](C)O[Si](C)(C)C(C)(C)C)OC(=O)c2ccccc2)[Se]c2ccccc2)c1C(=O)OCC[Si](C)(C)C. The number of hydrogen-bond acceptors (Lipinski definition) is 10. The normalized spacial score (nSPS) is 18.6. The summed E-state index contributed by atoms with van der Waals surface area (Å²) < 4.78 is 52.1. The Kier molecular flexibility index (Phi) is 20.8. The van der Waals surface area contributed by atoms with Crippen molar-refractivity contribution in [1.29, 1.82) is 0 Å². The van der Waals surface area contributed by atoms with Crippen LogP contribution in [0.2, 0.25) is 69.5 Å². The molecule has 1 heterocycles. The molecule has 0 bridgehead atoms. The number of carbonyl (C=O) groups excluding carboxylic acids is 2. The Morgan fingerprint density at radius 1 is 0.806 bits per heavy atom. The van der Waals surface area contributed by atoms with E-state index in [2.05, 4.69) is 105 Å². The van der Waals surface area contributed by atoms with E-state index < -0.39 is 60.5 Å². The van der Waals surface area contributed by atoms with E-state index in [1.807, 2.05) is 62.4 Å². The van der Waals surface area contributed by atoms with Gasteiger partial charge in [-0.1, -0.05) is 20.8 Å². The van der Waals surface area contributed by atoms with Gasteiger partial charge in [0.1, 0.15) is 0 Å². The summed E-state index contributed by atoms with van der Waals surface area (Å²) in [7, 11) is -3.43. The Hall–Kier alpha value is -3.05. The zero-order valence-electron chi connectivity index (χ0n) is 43.5. The fraction of sp³-hybridized carbons (Fsp3) is 0.585. The molecule has 10 nitrogen and oxygen atoms in total. The minimum absolute atomic E-state index is 0.0115. The standard InChI is InChI=1S/C53H82O10SeSi3/c1-38(39(2)63-67(15,16)52(3,4)5)27-28-44(60-50(54)40-23-19-17-20-24-40)49-45(61-53(6,7)62-49)29-30-47(64-42-25-21-18-22-26-42)43-35-41(57-31-33-65(9,10)11)36-46(59-37-56-8)48(43)51(55)58-32-34-66(12,13)14/h17-28,35-36,38-39,44-45,47,49H,29-34,37H2,1-16H3/b28-27-/t38?,39-,44-,45+,47?,49?/m0/s1. The molecule has 0 radical (unpaired) electrons. The first kappa shape index (κ1) is 56.5. The molecule has 6 atom stereocenters. The predicted molar refractivity (Wildman–Crippen MR) is 280 cm³/mol. The van der Waals surface area contributed by atoms with Gasteiger partial charge in [-0.3, -0.25) is 0 Å². The summed E-state index contributed by atoms with van der Waals surface area (Å²) in [5.74, 6) is -0.838. The van der Waals surface area contributed by atoms with Crippen molar-refractivity contribution in [3.05, 3.63) is 102 Å². The Morgan fingerprint density at radius 2 is 1.42 bits per heavy atom. The van der Waals surface area contributed by atoms with E-state index >= 15 is 0 Å². The zero-order valence-corrected chi connectivity index (χ0v) is 48.2. The van der Waals surface area contributed by atoms with Crippen molar-refractivity contribution < 1.29 is 47.2 Å². The molecule has 0 saturated carbocycles. The molecule has 4 rings (SSSR count). The summed E-state index contributed by atoms with van der Waals surface area (Å²) in [5.41, 5.74) is 1.63. The summed E-state index contributed by atoms with van der Waals surface area (Å²) in [6.07, 6.45) is 3.20. The predicted octanol–water partition coefficient (Wildman–Crippen LogP) is 12.1. The van der Waals surface area contributed by atoms with Crippen molar-refractivity contribution in [3.63, 3.8) is 0 Å². The van der Waals surface area contributed by atoms with Gasteiger partial charge in [-0.25, -0.2) is 0 Å². The summed E-state index contributed by atoms with van der Waals surface area (Å²) in [5, 5.41) is 0.0567. The molecule has 3 aromatic rings. The first-order valence-corrected chi connectivity index (χ1v) is 36.1. The van der Waals surface area contributed by atoms with E-state index in [1.165, 1.54) is 4.46 Å². The first-order valence-electron chi connectivity index (χ1n) is 24.0. The Balaban J connectivity index is 1.80. The van der Waals surface area contributed by atoms with E-state index in [1.54, 1.807) is 25.3 Å². The Morgan fingerprint density at radius 3 is 2.01 bits per heavy atom. The van der Waals surface area contributed by atoms with Crippen molar-refractivity contribution in [1.82, 2.24) is 0 Å². The van der Waals surface area contributed by atoms with Crippen LogP contribution in [-0.2, 0) is 28.1 Å². The molecule has 0 aromatic heterocycles. The van der Waals surface area contributed by atoms with Crippen LogP contribution < -0.4 is 13.9 Å². The first-order chi connectivity index (χ1) is 31.2. The van der Waals surface area contributed by atoms with Gasteiger partial charge in [-0.2, -0.15) is 0 Å². The Labute approximate surface area is 412 Å². The molecule has 1 aliphatic heterocycles. The average molecular weight is 1040 g/mol. The quantitative estimate of drug-likeness (QED) is 0.0352. The fourth-order valence-electron chi connectivity index (χ4n) is 7.19. The van der Waals surface area contributed by atoms with Crippen LogP contribution in [0.5, 0.6) is 11.5 Å². The second-order valence-corrected chi connectivity index (χ2v) is 40.9. The molecule has 14 heteroatoms. The third-order valence-electron chi connectivity index (χ3n) is 12.4. The number of hydrogen-bond donors (Lipinski definition) is 0. The van der Waals surface area contributed by atoms with Crippen molar-refractivity contribution in [2.45, 2.75) is 166 Å². The number of rotatable bonds is 25. The second-order valence-electron chi connectivity index (χ2n) is 22.2. The fourth-order valence-corrected chi connectivity index (χ4v) is 12.7. The van der Waals surface area contributed by atoms with E-state index in [9.17, 15) is 9.59 Å². The molecule has 1 saturated heterocycles. The van der Waals surface area contributed by atoms with Gasteiger partial charge >= 0.3 is 376 Å². The van der Waals surface area contributed by atoms with Gasteiger partial charge < -0.3 is 0 Å². The van der Waals surface area contributed by atoms with Crippen molar-refractivity contribution in [2.75, 3.05) is 27.1 Å². The van der Waals surface area contributed by atoms with Crippen LogP contribution >= 0.6 is 0 Å². The van der Waals surface area contributed by atoms with Crippen LogP contribution in [0.15, 0.2) is 84.9 Å². The van der Waals surface area contributed by atoms with E-state index in [4.69, 9.17) is 37.6 Å². The Bertz CT molecular complexity index is 2040. The molecule has 0 N–H and O–H groups in total. The van der Waals surface area contributed by atoms with Crippen molar-refractivity contribution in [3.8, 4) is 11.5 Å². The second kappa shape index (κ2) is 24.7. The average Bonchev–Trinajstić information content (AvgIpc) is 3.55. The molecular weight excluding hydrogens is 960 g/mol. The monoisotopic (exact) mass is 1040 g/mol. The number of esters is 2. The van der Waals surface area contributed by atoms with Gasteiger partial charge in [-0.05, 0) is 18.1 Å². The number of ether oxygens (including phenoxy) is 7. The van der Waals surface area contributed by atoms with Gasteiger partial charge in [0.15, 0.2) is 0 Å². The van der Waals surface area contributed by atoms with Gasteiger partial charge in [0.05, 0.1) is 0 Å². The summed E-state index contributed by atoms with van der Waals surface area (Å²) in [6.45, 7) is 33.9. The third-order valence-corrected chi connectivity index (χ3v) is 23.1. The third kappa shape index (κ3) is 18.3. The van der Waals surface area contributed by atoms with Crippen molar-refractivity contribution in [2.24, 2.45) is 5.92 Å². The van der Waals surface area contributed by atoms with Gasteiger partial charge in [0.25, 0.3) is 0 Å². The number of benzene rings is 3. The zero-order chi connectivity index (χ0) is 49.8. The van der Waals surface area contributed by atoms with Gasteiger partial charge in [0, 0.05) is 0 Å². The number of carbonyl (C=O) groups is 2. The molecule has 0 amide bonds. The molecule has 3 aromatic carbocycles. The molecule has 1 aliphatic rings. The molecule has 0 aliphatic carbocycles. The van der Waals surface area contributed by atoms with E-state index in [0.717, 1.165) is 17.7 Å². The van der Waals surface area contributed by atoms with E-state index in [-0.39, 0.29) is 43.6 Å². The molecular formula is C53H82O10SeSi3. The number of methoxy groups -OCH3 is 1. The summed E-state index contributed by atoms with van der Waals surface area (Å²) >= 11 is -0.177. The maximum absolute atomic E-state index is 14.5. The van der Waals surface area contributed by atoms with E-state index in [0.29, 0.717) is 48.7 Å². The molecule has 372 valence electrons. The van der Waals surface area contributed by atoms with Gasteiger partial charge in [-0.15, -0.1) is 0 Å². The van der Waals surface area contributed by atoms with Crippen LogP contribution in [0.4, 0.5) is 0 Å². The summed E-state index contributed by atoms with van der Waals surface area (Å²) in [4.78, 5) is 28.2. The van der Waals surface area contributed by atoms with Crippen LogP contribution in [0, 0.1) is 5.92 Å². The molecule has 1 fully saturated rings. The van der Waals surface area contributed by atoms with Crippen molar-refractivity contribution >= 4 is 55.8 Å². The van der Waals surface area contributed by atoms with Crippen LogP contribution in [0.25, 0.3) is 0 Å². The van der Waals surface area contributed by atoms with Crippen LogP contribution in [0.1, 0.15) is 92.4 Å². The molecule has 0 spiro atoms.